The van der Waals surface area contributed by atoms with Crippen LogP contribution in [-0.4, -0.2) is 66.4 Å². The Bertz CT molecular complexity index is 1070. The zero-order chi connectivity index (χ0) is 23.0. The number of amides is 3. The van der Waals surface area contributed by atoms with Gasteiger partial charge in [0.25, 0.3) is 0 Å². The Kier molecular flexibility index (Phi) is 7.58. The predicted molar refractivity (Wildman–Crippen MR) is 132 cm³/mol. The molecule has 1 heterocycles. The van der Waals surface area contributed by atoms with Crippen LogP contribution in [0.4, 0.5) is 4.79 Å². The highest BCUT2D eigenvalue weighted by Crippen LogP contribution is 2.20. The Morgan fingerprint density at radius 1 is 0.879 bits per heavy atom. The third-order valence-electron chi connectivity index (χ3n) is 6.22. The monoisotopic (exact) mass is 444 g/mol. The van der Waals surface area contributed by atoms with Gasteiger partial charge >= 0.3 is 6.03 Å². The number of carbonyl (C=O) groups is 2. The second-order valence-corrected chi connectivity index (χ2v) is 8.62. The van der Waals surface area contributed by atoms with Gasteiger partial charge in [-0.1, -0.05) is 72.8 Å². The molecular formula is C27H32N4O2. The van der Waals surface area contributed by atoms with E-state index >= 15 is 0 Å². The van der Waals surface area contributed by atoms with Gasteiger partial charge in [0, 0.05) is 59.3 Å². The second kappa shape index (κ2) is 11.0. The van der Waals surface area contributed by atoms with Gasteiger partial charge in [0.1, 0.15) is 0 Å². The van der Waals surface area contributed by atoms with Crippen molar-refractivity contribution < 1.29 is 9.59 Å². The van der Waals surface area contributed by atoms with E-state index in [-0.39, 0.29) is 11.9 Å². The van der Waals surface area contributed by atoms with Crippen molar-refractivity contribution in [3.8, 4) is 0 Å². The first-order chi connectivity index (χ1) is 16.1. The highest BCUT2D eigenvalue weighted by molar-refractivity contribution is 5.85. The summed E-state index contributed by atoms with van der Waals surface area (Å²) in [6.45, 7) is 4.97. The maximum Gasteiger partial charge on any atom is 0.317 e. The van der Waals surface area contributed by atoms with Crippen LogP contribution in [0, 0.1) is 0 Å². The molecule has 0 atom stereocenters. The molecule has 1 aliphatic rings. The summed E-state index contributed by atoms with van der Waals surface area (Å²) in [7, 11) is 1.76. The summed E-state index contributed by atoms with van der Waals surface area (Å²) >= 11 is 0. The number of urea groups is 1. The van der Waals surface area contributed by atoms with E-state index in [4.69, 9.17) is 0 Å². The van der Waals surface area contributed by atoms with Gasteiger partial charge in [0.2, 0.25) is 5.91 Å². The van der Waals surface area contributed by atoms with Crippen molar-refractivity contribution in [2.24, 2.45) is 0 Å². The van der Waals surface area contributed by atoms with E-state index in [1.165, 1.54) is 16.3 Å². The van der Waals surface area contributed by atoms with Gasteiger partial charge in [-0.05, 0) is 21.9 Å². The number of rotatable bonds is 7. The van der Waals surface area contributed by atoms with Crippen LogP contribution >= 0.6 is 0 Å². The van der Waals surface area contributed by atoms with Gasteiger partial charge in [-0.2, -0.15) is 0 Å². The van der Waals surface area contributed by atoms with Gasteiger partial charge in [-0.15, -0.1) is 0 Å². The van der Waals surface area contributed by atoms with Gasteiger partial charge in [-0.25, -0.2) is 4.79 Å². The lowest BCUT2D eigenvalue weighted by molar-refractivity contribution is -0.132. The lowest BCUT2D eigenvalue weighted by atomic mass is 10.0. The number of nitrogens with zero attached hydrogens (tertiary/aromatic N) is 3. The van der Waals surface area contributed by atoms with E-state index in [1.807, 2.05) is 35.2 Å². The topological polar surface area (TPSA) is 55.9 Å². The number of fused-ring (bicyclic) bond motifs is 1. The van der Waals surface area contributed by atoms with Crippen molar-refractivity contribution in [1.82, 2.24) is 20.0 Å². The van der Waals surface area contributed by atoms with E-state index in [2.05, 4.69) is 52.7 Å². The number of piperazine rings is 1. The summed E-state index contributed by atoms with van der Waals surface area (Å²) in [5.41, 5.74) is 2.41. The molecule has 3 amide bonds. The van der Waals surface area contributed by atoms with Crippen molar-refractivity contribution in [3.05, 3.63) is 83.9 Å². The fraction of sp³-hybridized carbons (Fsp3) is 0.333. The lowest BCUT2D eigenvalue weighted by Crippen LogP contribution is -2.49. The number of hydrogen-bond donors (Lipinski definition) is 1. The Balaban J connectivity index is 1.18. The molecule has 0 unspecified atom stereocenters. The average molecular weight is 445 g/mol. The molecule has 1 aliphatic heterocycles. The molecule has 6 nitrogen and oxygen atoms in total. The number of nitrogens with one attached hydrogen (secondary N) is 1. The largest absolute Gasteiger partial charge is 0.340 e. The first-order valence-electron chi connectivity index (χ1n) is 11.6. The van der Waals surface area contributed by atoms with E-state index < -0.39 is 0 Å². The fourth-order valence-electron chi connectivity index (χ4n) is 4.33. The summed E-state index contributed by atoms with van der Waals surface area (Å²) < 4.78 is 0. The van der Waals surface area contributed by atoms with Crippen molar-refractivity contribution in [3.63, 3.8) is 0 Å². The first-order valence-corrected chi connectivity index (χ1v) is 11.6. The maximum absolute atomic E-state index is 12.6. The van der Waals surface area contributed by atoms with Crippen molar-refractivity contribution >= 4 is 22.7 Å². The van der Waals surface area contributed by atoms with E-state index in [1.54, 1.807) is 11.9 Å². The zero-order valence-electron chi connectivity index (χ0n) is 19.2. The summed E-state index contributed by atoms with van der Waals surface area (Å²) in [6.07, 6.45) is 0.328. The van der Waals surface area contributed by atoms with E-state index in [0.29, 0.717) is 19.5 Å². The average Bonchev–Trinajstić information content (AvgIpc) is 2.85. The normalized spacial score (nSPS) is 14.3. The Hall–Kier alpha value is -3.38. The lowest BCUT2D eigenvalue weighted by Gasteiger charge is -2.35. The fourth-order valence-corrected chi connectivity index (χ4v) is 4.33. The molecule has 6 heteroatoms. The van der Waals surface area contributed by atoms with Gasteiger partial charge in [-0.3, -0.25) is 9.69 Å². The van der Waals surface area contributed by atoms with Crippen molar-refractivity contribution in [2.45, 2.75) is 19.5 Å². The highest BCUT2D eigenvalue weighted by atomic mass is 16.2. The van der Waals surface area contributed by atoms with Crippen LogP contribution in [0.2, 0.25) is 0 Å². The summed E-state index contributed by atoms with van der Waals surface area (Å²) in [5.74, 6) is 0.103. The molecule has 0 spiro atoms. The molecule has 0 radical (unpaired) electrons. The van der Waals surface area contributed by atoms with E-state index in [9.17, 15) is 9.59 Å². The first kappa shape index (κ1) is 22.8. The second-order valence-electron chi connectivity index (χ2n) is 8.62. The molecule has 172 valence electrons. The van der Waals surface area contributed by atoms with Crippen LogP contribution in [0.1, 0.15) is 17.5 Å². The molecule has 1 saturated heterocycles. The van der Waals surface area contributed by atoms with Crippen molar-refractivity contribution in [2.75, 3.05) is 39.8 Å². The van der Waals surface area contributed by atoms with E-state index in [0.717, 1.165) is 38.3 Å². The van der Waals surface area contributed by atoms with Crippen LogP contribution in [0.25, 0.3) is 10.8 Å². The quantitative estimate of drug-likeness (QED) is 0.604. The van der Waals surface area contributed by atoms with Crippen LogP contribution in [0.5, 0.6) is 0 Å². The molecule has 1 N–H and O–H groups in total. The third kappa shape index (κ3) is 6.11. The summed E-state index contributed by atoms with van der Waals surface area (Å²) in [6, 6.07) is 24.6. The molecule has 33 heavy (non-hydrogen) atoms. The molecule has 0 aromatic heterocycles. The van der Waals surface area contributed by atoms with Crippen LogP contribution in [0.15, 0.2) is 72.8 Å². The number of benzene rings is 3. The Morgan fingerprint density at radius 3 is 2.36 bits per heavy atom. The maximum atomic E-state index is 12.6. The highest BCUT2D eigenvalue weighted by Gasteiger charge is 2.21. The molecular weight excluding hydrogens is 412 g/mol. The zero-order valence-corrected chi connectivity index (χ0v) is 19.2. The van der Waals surface area contributed by atoms with Gasteiger partial charge in [0.05, 0.1) is 0 Å². The Morgan fingerprint density at radius 2 is 1.58 bits per heavy atom. The molecule has 3 aromatic rings. The van der Waals surface area contributed by atoms with Gasteiger partial charge < -0.3 is 15.1 Å². The third-order valence-corrected chi connectivity index (χ3v) is 6.22. The predicted octanol–water partition coefficient (Wildman–Crippen LogP) is 3.72. The minimum absolute atomic E-state index is 0.103. The molecule has 0 bridgehead atoms. The molecule has 1 fully saturated rings. The SMILES string of the molecule is CN(Cc1ccccc1)C(=O)NCCC(=O)N1CCN(Cc2cccc3ccccc23)CC1. The smallest absolute Gasteiger partial charge is 0.317 e. The van der Waals surface area contributed by atoms with Crippen LogP contribution in [-0.2, 0) is 17.9 Å². The molecule has 0 saturated carbocycles. The number of carbonyl (C=O) groups excluding carboxylic acids is 2. The van der Waals surface area contributed by atoms with Crippen molar-refractivity contribution in [1.29, 1.82) is 0 Å². The van der Waals surface area contributed by atoms with Gasteiger partial charge in [0.15, 0.2) is 0 Å². The molecule has 3 aromatic carbocycles. The standard InChI is InChI=1S/C27H32N4O2/c1-29(20-22-8-3-2-4-9-22)27(33)28-15-14-26(32)31-18-16-30(17-19-31)21-24-12-7-11-23-10-5-6-13-25(23)24/h2-13H,14-21H2,1H3,(H,28,33). The van der Waals surface area contributed by atoms with Crippen LogP contribution in [0.3, 0.4) is 0 Å². The molecule has 4 rings (SSSR count). The summed E-state index contributed by atoms with van der Waals surface area (Å²) in [4.78, 5) is 30.9. The molecule has 0 aliphatic carbocycles. The minimum atomic E-state index is -0.161. The minimum Gasteiger partial charge on any atom is -0.340 e. The Labute approximate surface area is 195 Å². The van der Waals surface area contributed by atoms with Crippen LogP contribution < -0.4 is 5.32 Å². The summed E-state index contributed by atoms with van der Waals surface area (Å²) in [5, 5.41) is 5.42. The number of hydrogen-bond acceptors (Lipinski definition) is 3.